The maximum Gasteiger partial charge on any atom is 0.262 e. The highest BCUT2D eigenvalue weighted by atomic mass is 32.2. The van der Waals surface area contributed by atoms with E-state index in [1.165, 1.54) is 17.3 Å². The first-order valence-corrected chi connectivity index (χ1v) is 13.1. The number of ether oxygens (including phenoxy) is 2. The van der Waals surface area contributed by atoms with Crippen molar-refractivity contribution in [3.05, 3.63) is 89.5 Å². The van der Waals surface area contributed by atoms with Crippen LogP contribution in [-0.4, -0.2) is 47.2 Å². The molecule has 2 heterocycles. The summed E-state index contributed by atoms with van der Waals surface area (Å²) >= 11 is 1.27. The summed E-state index contributed by atoms with van der Waals surface area (Å²) in [6, 6.07) is 22.9. The first kappa shape index (κ1) is 25.5. The third kappa shape index (κ3) is 5.43. The van der Waals surface area contributed by atoms with Gasteiger partial charge >= 0.3 is 0 Å². The number of thioether (sulfide) groups is 1. The summed E-state index contributed by atoms with van der Waals surface area (Å²) in [7, 11) is 3.20. The van der Waals surface area contributed by atoms with Crippen LogP contribution in [0.3, 0.4) is 0 Å². The number of amidine groups is 1. The lowest BCUT2D eigenvalue weighted by Gasteiger charge is -2.24. The maximum atomic E-state index is 12.8. The molecule has 194 valence electrons. The van der Waals surface area contributed by atoms with Crippen LogP contribution in [0.4, 0.5) is 5.69 Å². The van der Waals surface area contributed by atoms with Gasteiger partial charge in [0.05, 0.1) is 26.0 Å². The highest BCUT2D eigenvalue weighted by molar-refractivity contribution is 8.15. The average Bonchev–Trinajstić information content (AvgIpc) is 3.53. The predicted octanol–water partition coefficient (Wildman–Crippen LogP) is 5.19. The Morgan fingerprint density at radius 2 is 1.76 bits per heavy atom. The van der Waals surface area contributed by atoms with E-state index in [0.29, 0.717) is 28.8 Å². The van der Waals surface area contributed by atoms with Gasteiger partial charge in [-0.3, -0.25) is 9.59 Å². The number of anilines is 1. The topological polar surface area (TPSA) is 92.6 Å². The number of hydrazone groups is 1. The van der Waals surface area contributed by atoms with E-state index >= 15 is 0 Å². The number of hydrogen-bond acceptors (Lipinski definition) is 7. The lowest BCUT2D eigenvalue weighted by molar-refractivity contribution is -0.121. The van der Waals surface area contributed by atoms with Crippen LogP contribution >= 0.6 is 11.8 Å². The van der Waals surface area contributed by atoms with Gasteiger partial charge in [0.25, 0.3) is 5.91 Å². The Labute approximate surface area is 225 Å². The molecule has 0 bridgehead atoms. The number of aliphatic imine (C=N–C) groups is 1. The van der Waals surface area contributed by atoms with E-state index in [9.17, 15) is 9.59 Å². The standard InChI is InChI=1S/C29H28N4O4S/c1-18-9-11-19(12-10-18)22-16-23(20-13-14-24(36-2)25(15-20)37-3)33(32-22)29-31-28(35)26(38-29)17-27(34)30-21-7-5-4-6-8-21/h4-15,23,26H,16-17H2,1-3H3,(H,30,34)/t23-,26+/m0/s1. The van der Waals surface area contributed by atoms with Crippen molar-refractivity contribution in [2.45, 2.75) is 31.1 Å². The average molecular weight is 529 g/mol. The van der Waals surface area contributed by atoms with E-state index in [-0.39, 0.29) is 24.3 Å². The number of hydrogen-bond donors (Lipinski definition) is 1. The molecule has 38 heavy (non-hydrogen) atoms. The first-order chi connectivity index (χ1) is 18.4. The third-order valence-corrected chi connectivity index (χ3v) is 7.58. The summed E-state index contributed by atoms with van der Waals surface area (Å²) in [6.45, 7) is 2.04. The second-order valence-corrected chi connectivity index (χ2v) is 10.2. The molecule has 0 fully saturated rings. The van der Waals surface area contributed by atoms with Gasteiger partial charge in [-0.05, 0) is 42.3 Å². The molecule has 0 saturated carbocycles. The molecule has 5 rings (SSSR count). The number of aryl methyl sites for hydroxylation is 1. The summed E-state index contributed by atoms with van der Waals surface area (Å²) < 4.78 is 10.9. The van der Waals surface area contributed by atoms with Crippen LogP contribution in [0.5, 0.6) is 11.5 Å². The monoisotopic (exact) mass is 528 g/mol. The molecular weight excluding hydrogens is 500 g/mol. The Bertz CT molecular complexity index is 1410. The van der Waals surface area contributed by atoms with E-state index in [0.717, 1.165) is 16.8 Å². The quantitative estimate of drug-likeness (QED) is 0.454. The minimum absolute atomic E-state index is 0.0226. The highest BCUT2D eigenvalue weighted by Crippen LogP contribution is 2.41. The van der Waals surface area contributed by atoms with Crippen molar-refractivity contribution in [1.82, 2.24) is 5.01 Å². The molecule has 0 radical (unpaired) electrons. The van der Waals surface area contributed by atoms with E-state index in [2.05, 4.69) is 34.6 Å². The van der Waals surface area contributed by atoms with E-state index in [4.69, 9.17) is 14.6 Å². The van der Waals surface area contributed by atoms with Crippen molar-refractivity contribution in [3.8, 4) is 11.5 Å². The maximum absolute atomic E-state index is 12.8. The van der Waals surface area contributed by atoms with Crippen molar-refractivity contribution >= 4 is 40.1 Å². The molecular formula is C29H28N4O4S. The molecule has 3 aromatic carbocycles. The van der Waals surface area contributed by atoms with E-state index < -0.39 is 5.25 Å². The van der Waals surface area contributed by atoms with Crippen LogP contribution in [0.15, 0.2) is 82.9 Å². The van der Waals surface area contributed by atoms with Crippen molar-refractivity contribution < 1.29 is 19.1 Å². The van der Waals surface area contributed by atoms with Gasteiger partial charge in [-0.2, -0.15) is 10.1 Å². The summed E-state index contributed by atoms with van der Waals surface area (Å²) in [6.07, 6.45) is 0.639. The largest absolute Gasteiger partial charge is 0.493 e. The van der Waals surface area contributed by atoms with Crippen LogP contribution < -0.4 is 14.8 Å². The Morgan fingerprint density at radius 1 is 1.03 bits per heavy atom. The predicted molar refractivity (Wildman–Crippen MR) is 150 cm³/mol. The van der Waals surface area contributed by atoms with Gasteiger partial charge in [0.2, 0.25) is 5.91 Å². The van der Waals surface area contributed by atoms with E-state index in [1.54, 1.807) is 19.2 Å². The van der Waals surface area contributed by atoms with Gasteiger partial charge < -0.3 is 14.8 Å². The van der Waals surface area contributed by atoms with Gasteiger partial charge in [0, 0.05) is 18.5 Å². The second kappa shape index (κ2) is 11.1. The molecule has 0 aromatic heterocycles. The normalized spacial score (nSPS) is 18.7. The number of methoxy groups -OCH3 is 2. The number of nitrogens with one attached hydrogen (secondary N) is 1. The van der Waals surface area contributed by atoms with Crippen molar-refractivity contribution in [2.24, 2.45) is 10.1 Å². The molecule has 1 N–H and O–H groups in total. The number of carbonyl (C=O) groups is 2. The number of rotatable bonds is 7. The minimum atomic E-state index is -0.613. The summed E-state index contributed by atoms with van der Waals surface area (Å²) in [5.41, 5.74) is 4.71. The lowest BCUT2D eigenvalue weighted by Crippen LogP contribution is -2.25. The first-order valence-electron chi connectivity index (χ1n) is 12.2. The minimum Gasteiger partial charge on any atom is -0.493 e. The molecule has 2 aliphatic rings. The van der Waals surface area contributed by atoms with Crippen LogP contribution in [-0.2, 0) is 9.59 Å². The van der Waals surface area contributed by atoms with Gasteiger partial charge in [-0.1, -0.05) is 65.9 Å². The molecule has 2 amide bonds. The molecule has 9 heteroatoms. The van der Waals surface area contributed by atoms with Crippen LogP contribution in [0.25, 0.3) is 0 Å². The highest BCUT2D eigenvalue weighted by Gasteiger charge is 2.39. The third-order valence-electron chi connectivity index (χ3n) is 6.44. The smallest absolute Gasteiger partial charge is 0.262 e. The van der Waals surface area contributed by atoms with Gasteiger partial charge in [0.1, 0.15) is 5.25 Å². The lowest BCUT2D eigenvalue weighted by atomic mass is 9.98. The zero-order chi connectivity index (χ0) is 26.6. The molecule has 8 nitrogen and oxygen atoms in total. The van der Waals surface area contributed by atoms with Crippen molar-refractivity contribution in [1.29, 1.82) is 0 Å². The van der Waals surface area contributed by atoms with Crippen LogP contribution in [0.1, 0.15) is 35.6 Å². The summed E-state index contributed by atoms with van der Waals surface area (Å²) in [5.74, 6) is 0.674. The molecule has 0 aliphatic carbocycles. The summed E-state index contributed by atoms with van der Waals surface area (Å²) in [4.78, 5) is 29.8. The fourth-order valence-corrected chi connectivity index (χ4v) is 5.49. The Balaban J connectivity index is 1.40. The number of nitrogens with zero attached hydrogens (tertiary/aromatic N) is 3. The van der Waals surface area contributed by atoms with Gasteiger partial charge in [-0.15, -0.1) is 0 Å². The Hall–Kier alpha value is -4.11. The van der Waals surface area contributed by atoms with Crippen LogP contribution in [0.2, 0.25) is 0 Å². The molecule has 2 atom stereocenters. The Kier molecular flexibility index (Phi) is 7.46. The van der Waals surface area contributed by atoms with Gasteiger partial charge in [-0.25, -0.2) is 5.01 Å². The van der Waals surface area contributed by atoms with Crippen molar-refractivity contribution in [2.75, 3.05) is 19.5 Å². The molecule has 0 spiro atoms. The number of para-hydroxylation sites is 1. The van der Waals surface area contributed by atoms with Crippen molar-refractivity contribution in [3.63, 3.8) is 0 Å². The number of carbonyl (C=O) groups excluding carboxylic acids is 2. The Morgan fingerprint density at radius 3 is 2.47 bits per heavy atom. The number of amides is 2. The fourth-order valence-electron chi connectivity index (χ4n) is 4.43. The SMILES string of the molecule is COc1ccc([C@@H]2CC(c3ccc(C)cc3)=NN2C2=NC(=O)[C@@H](CC(=O)Nc3ccccc3)S2)cc1OC. The van der Waals surface area contributed by atoms with Gasteiger partial charge in [0.15, 0.2) is 16.7 Å². The fraction of sp³-hybridized carbons (Fsp3) is 0.241. The second-order valence-electron chi connectivity index (χ2n) is 9.05. The molecule has 3 aromatic rings. The number of benzene rings is 3. The molecule has 2 aliphatic heterocycles. The zero-order valence-corrected chi connectivity index (χ0v) is 22.2. The van der Waals surface area contributed by atoms with Crippen LogP contribution in [0, 0.1) is 6.92 Å². The molecule has 0 saturated heterocycles. The molecule has 0 unspecified atom stereocenters. The van der Waals surface area contributed by atoms with E-state index in [1.807, 2.05) is 55.5 Å². The summed E-state index contributed by atoms with van der Waals surface area (Å²) in [5, 5.41) is 9.43. The zero-order valence-electron chi connectivity index (χ0n) is 21.4.